The molecule has 0 spiro atoms. The lowest BCUT2D eigenvalue weighted by Gasteiger charge is -2.17. The van der Waals surface area contributed by atoms with E-state index in [9.17, 15) is 18.0 Å². The van der Waals surface area contributed by atoms with Gasteiger partial charge in [-0.05, 0) is 24.6 Å². The molecule has 1 rings (SSSR count). The van der Waals surface area contributed by atoms with Crippen molar-refractivity contribution in [2.45, 2.75) is 19.5 Å². The van der Waals surface area contributed by atoms with Crippen molar-refractivity contribution in [2.24, 2.45) is 0 Å². The third-order valence-corrected chi connectivity index (χ3v) is 3.12. The molecular weight excluding hydrogens is 311 g/mol. The van der Waals surface area contributed by atoms with E-state index < -0.39 is 17.6 Å². The van der Waals surface area contributed by atoms with Gasteiger partial charge in [-0.25, -0.2) is 0 Å². The van der Waals surface area contributed by atoms with Crippen molar-refractivity contribution >= 4 is 21.8 Å². The van der Waals surface area contributed by atoms with Crippen molar-refractivity contribution in [3.05, 3.63) is 33.8 Å². The molecular formula is C12H13BrF3NO. The maximum atomic E-state index is 12.7. The van der Waals surface area contributed by atoms with Crippen LogP contribution in [0, 0.1) is 0 Å². The SMILES string of the molecule is CCCN(C)C(=O)c1ccc(Br)c(C(F)(F)F)c1. The summed E-state index contributed by atoms with van der Waals surface area (Å²) in [6.07, 6.45) is -3.72. The van der Waals surface area contributed by atoms with Gasteiger partial charge in [0, 0.05) is 23.6 Å². The molecule has 1 amide bonds. The van der Waals surface area contributed by atoms with Crippen molar-refractivity contribution in [1.29, 1.82) is 0 Å². The number of amides is 1. The first-order valence-electron chi connectivity index (χ1n) is 5.39. The second-order valence-electron chi connectivity index (χ2n) is 3.92. The molecule has 0 atom stereocenters. The van der Waals surface area contributed by atoms with Crippen molar-refractivity contribution < 1.29 is 18.0 Å². The van der Waals surface area contributed by atoms with Gasteiger partial charge < -0.3 is 4.90 Å². The Morgan fingerprint density at radius 2 is 2.00 bits per heavy atom. The number of alkyl halides is 3. The van der Waals surface area contributed by atoms with Gasteiger partial charge >= 0.3 is 6.18 Å². The van der Waals surface area contributed by atoms with Gasteiger partial charge in [0.1, 0.15) is 0 Å². The minimum Gasteiger partial charge on any atom is -0.342 e. The van der Waals surface area contributed by atoms with E-state index in [1.54, 1.807) is 7.05 Å². The smallest absolute Gasteiger partial charge is 0.342 e. The number of rotatable bonds is 3. The molecule has 0 aromatic heterocycles. The summed E-state index contributed by atoms with van der Waals surface area (Å²) in [5.74, 6) is -0.408. The first-order valence-corrected chi connectivity index (χ1v) is 6.19. The highest BCUT2D eigenvalue weighted by Gasteiger charge is 2.33. The summed E-state index contributed by atoms with van der Waals surface area (Å²) in [4.78, 5) is 13.3. The predicted molar refractivity (Wildman–Crippen MR) is 66.4 cm³/mol. The molecule has 1 aromatic rings. The molecule has 0 saturated carbocycles. The zero-order chi connectivity index (χ0) is 13.9. The number of nitrogens with zero attached hydrogens (tertiary/aromatic N) is 1. The van der Waals surface area contributed by atoms with Crippen LogP contribution in [0.1, 0.15) is 29.3 Å². The number of hydrogen-bond donors (Lipinski definition) is 0. The molecule has 0 bridgehead atoms. The Labute approximate surface area is 112 Å². The normalized spacial score (nSPS) is 11.4. The highest BCUT2D eigenvalue weighted by atomic mass is 79.9. The third-order valence-electron chi connectivity index (χ3n) is 2.42. The lowest BCUT2D eigenvalue weighted by Crippen LogP contribution is -2.27. The van der Waals surface area contributed by atoms with Crippen molar-refractivity contribution in [1.82, 2.24) is 4.90 Å². The number of benzene rings is 1. The minimum atomic E-state index is -4.47. The van der Waals surface area contributed by atoms with Gasteiger partial charge in [-0.3, -0.25) is 4.79 Å². The van der Waals surface area contributed by atoms with Crippen LogP contribution in [0.5, 0.6) is 0 Å². The molecule has 0 aliphatic rings. The van der Waals surface area contributed by atoms with Crippen LogP contribution in [0.3, 0.4) is 0 Å². The summed E-state index contributed by atoms with van der Waals surface area (Å²) in [5, 5.41) is 0. The highest BCUT2D eigenvalue weighted by molar-refractivity contribution is 9.10. The Kier molecular flexibility index (Phi) is 4.78. The first kappa shape index (κ1) is 15.0. The summed E-state index contributed by atoms with van der Waals surface area (Å²) < 4.78 is 38.0. The predicted octanol–water partition coefficient (Wildman–Crippen LogP) is 3.95. The van der Waals surface area contributed by atoms with E-state index in [1.165, 1.54) is 17.0 Å². The van der Waals surface area contributed by atoms with Gasteiger partial charge in [-0.1, -0.05) is 22.9 Å². The molecule has 0 N–H and O–H groups in total. The molecule has 100 valence electrons. The van der Waals surface area contributed by atoms with E-state index in [4.69, 9.17) is 0 Å². The van der Waals surface area contributed by atoms with E-state index in [1.807, 2.05) is 6.92 Å². The average Bonchev–Trinajstić information content (AvgIpc) is 2.27. The Morgan fingerprint density at radius 3 is 2.50 bits per heavy atom. The second kappa shape index (κ2) is 5.73. The number of hydrogen-bond acceptors (Lipinski definition) is 1. The summed E-state index contributed by atoms with van der Waals surface area (Å²) in [6, 6.07) is 3.50. The molecule has 0 saturated heterocycles. The van der Waals surface area contributed by atoms with Crippen LogP contribution in [0.4, 0.5) is 13.2 Å². The lowest BCUT2D eigenvalue weighted by atomic mass is 10.1. The van der Waals surface area contributed by atoms with Gasteiger partial charge in [-0.15, -0.1) is 0 Å². The maximum absolute atomic E-state index is 12.7. The van der Waals surface area contributed by atoms with Crippen LogP contribution in [0.2, 0.25) is 0 Å². The lowest BCUT2D eigenvalue weighted by molar-refractivity contribution is -0.138. The van der Waals surface area contributed by atoms with Crippen molar-refractivity contribution in [3.63, 3.8) is 0 Å². The average molecular weight is 324 g/mol. The Balaban J connectivity index is 3.09. The fourth-order valence-corrected chi connectivity index (χ4v) is 2.00. The van der Waals surface area contributed by atoms with Crippen LogP contribution in [-0.4, -0.2) is 24.4 Å². The molecule has 0 unspecified atom stereocenters. The zero-order valence-corrected chi connectivity index (χ0v) is 11.6. The molecule has 0 fully saturated rings. The molecule has 2 nitrogen and oxygen atoms in total. The highest BCUT2D eigenvalue weighted by Crippen LogP contribution is 2.35. The summed E-state index contributed by atoms with van der Waals surface area (Å²) in [7, 11) is 1.57. The fourth-order valence-electron chi connectivity index (χ4n) is 1.53. The maximum Gasteiger partial charge on any atom is 0.417 e. The molecule has 0 radical (unpaired) electrons. The molecule has 0 aliphatic carbocycles. The van der Waals surface area contributed by atoms with Gasteiger partial charge in [0.2, 0.25) is 0 Å². The van der Waals surface area contributed by atoms with Crippen molar-refractivity contribution in [2.75, 3.05) is 13.6 Å². The van der Waals surface area contributed by atoms with Crippen LogP contribution in [-0.2, 0) is 6.18 Å². The van der Waals surface area contributed by atoms with E-state index in [0.717, 1.165) is 12.5 Å². The molecule has 1 aromatic carbocycles. The monoisotopic (exact) mass is 323 g/mol. The van der Waals surface area contributed by atoms with Gasteiger partial charge in [0.05, 0.1) is 5.56 Å². The third kappa shape index (κ3) is 3.48. The van der Waals surface area contributed by atoms with Crippen molar-refractivity contribution in [3.8, 4) is 0 Å². The van der Waals surface area contributed by atoms with Crippen LogP contribution >= 0.6 is 15.9 Å². The summed E-state index contributed by atoms with van der Waals surface area (Å²) in [6.45, 7) is 2.41. The molecule has 0 heterocycles. The number of carbonyl (C=O) groups excluding carboxylic acids is 1. The number of halogens is 4. The quantitative estimate of drug-likeness (QED) is 0.824. The molecule has 6 heteroatoms. The standard InChI is InChI=1S/C12H13BrF3NO/c1-3-6-17(2)11(18)8-4-5-10(13)9(7-8)12(14,15)16/h4-5,7H,3,6H2,1-2H3. The van der Waals surface area contributed by atoms with Crippen LogP contribution in [0.15, 0.2) is 22.7 Å². The summed E-state index contributed by atoms with van der Waals surface area (Å²) in [5.41, 5.74) is -0.792. The largest absolute Gasteiger partial charge is 0.417 e. The van der Waals surface area contributed by atoms with E-state index in [0.29, 0.717) is 6.54 Å². The van der Waals surface area contributed by atoms with Crippen LogP contribution in [0.25, 0.3) is 0 Å². The Hall–Kier alpha value is -1.04. The first-order chi connectivity index (χ1) is 8.27. The fraction of sp³-hybridized carbons (Fsp3) is 0.417. The molecule has 0 aliphatic heterocycles. The minimum absolute atomic E-state index is 0.0430. The Bertz CT molecular complexity index is 445. The Morgan fingerprint density at radius 1 is 1.39 bits per heavy atom. The van der Waals surface area contributed by atoms with Gasteiger partial charge in [0.15, 0.2) is 0 Å². The van der Waals surface area contributed by atoms with E-state index >= 15 is 0 Å². The topological polar surface area (TPSA) is 20.3 Å². The zero-order valence-electron chi connectivity index (χ0n) is 10.0. The summed E-state index contributed by atoms with van der Waals surface area (Å²) >= 11 is 2.84. The van der Waals surface area contributed by atoms with Gasteiger partial charge in [0.25, 0.3) is 5.91 Å². The molecule has 18 heavy (non-hydrogen) atoms. The van der Waals surface area contributed by atoms with Gasteiger partial charge in [-0.2, -0.15) is 13.2 Å². The second-order valence-corrected chi connectivity index (χ2v) is 4.77. The van der Waals surface area contributed by atoms with Crippen LogP contribution < -0.4 is 0 Å². The van der Waals surface area contributed by atoms with E-state index in [-0.39, 0.29) is 10.0 Å². The van der Waals surface area contributed by atoms with E-state index in [2.05, 4.69) is 15.9 Å². The number of carbonyl (C=O) groups is 1.